The zero-order valence-electron chi connectivity index (χ0n) is 15.6. The standard InChI is InChI=1S/C19H20N4O4/c1-11-6-5-7-13(8-11)21-14(24)10-23-18(25)15-16(27-4)12(2)9-20-17(15)22(3)19(23)26/h5-9H,10H2,1-4H3,(H,21,24). The number of hydrogen-bond donors (Lipinski definition) is 1. The van der Waals surface area contributed by atoms with Gasteiger partial charge < -0.3 is 10.1 Å². The van der Waals surface area contributed by atoms with Crippen molar-refractivity contribution in [3.63, 3.8) is 0 Å². The predicted molar refractivity (Wildman–Crippen MR) is 102 cm³/mol. The molecule has 0 atom stereocenters. The summed E-state index contributed by atoms with van der Waals surface area (Å²) in [6.07, 6.45) is 1.54. The van der Waals surface area contributed by atoms with Crippen LogP contribution in [0.15, 0.2) is 40.1 Å². The Hall–Kier alpha value is -3.42. The van der Waals surface area contributed by atoms with Crippen LogP contribution in [0.4, 0.5) is 5.69 Å². The molecule has 8 nitrogen and oxygen atoms in total. The van der Waals surface area contributed by atoms with Crippen LogP contribution in [-0.2, 0) is 18.4 Å². The molecule has 3 rings (SSSR count). The van der Waals surface area contributed by atoms with E-state index in [0.29, 0.717) is 17.0 Å². The van der Waals surface area contributed by atoms with Gasteiger partial charge in [0, 0.05) is 24.5 Å². The normalized spacial score (nSPS) is 10.8. The Balaban J connectivity index is 2.08. The number of carbonyl (C=O) groups excluding carboxylic acids is 1. The number of methoxy groups -OCH3 is 1. The Bertz CT molecular complexity index is 1160. The van der Waals surface area contributed by atoms with Crippen LogP contribution >= 0.6 is 0 Å². The highest BCUT2D eigenvalue weighted by Crippen LogP contribution is 2.23. The van der Waals surface area contributed by atoms with E-state index in [1.807, 2.05) is 19.1 Å². The number of nitrogens with zero attached hydrogens (tertiary/aromatic N) is 3. The molecule has 0 unspecified atom stereocenters. The number of aryl methyl sites for hydroxylation is 3. The number of aromatic nitrogens is 3. The van der Waals surface area contributed by atoms with E-state index in [2.05, 4.69) is 10.3 Å². The number of rotatable bonds is 4. The number of ether oxygens (including phenoxy) is 1. The maximum Gasteiger partial charge on any atom is 0.332 e. The molecule has 0 spiro atoms. The van der Waals surface area contributed by atoms with Crippen LogP contribution < -0.4 is 21.3 Å². The van der Waals surface area contributed by atoms with Gasteiger partial charge in [-0.05, 0) is 31.5 Å². The first kappa shape index (κ1) is 18.4. The van der Waals surface area contributed by atoms with Crippen molar-refractivity contribution in [3.8, 4) is 5.75 Å². The van der Waals surface area contributed by atoms with Crippen molar-refractivity contribution in [2.24, 2.45) is 7.05 Å². The Morgan fingerprint density at radius 2 is 2.00 bits per heavy atom. The first-order valence-corrected chi connectivity index (χ1v) is 8.33. The molecule has 1 amide bonds. The first-order valence-electron chi connectivity index (χ1n) is 8.33. The highest BCUT2D eigenvalue weighted by atomic mass is 16.5. The number of benzene rings is 1. The predicted octanol–water partition coefficient (Wildman–Crippen LogP) is 1.36. The molecular formula is C19H20N4O4. The molecule has 3 aromatic rings. The van der Waals surface area contributed by atoms with Gasteiger partial charge in [0.05, 0.1) is 7.11 Å². The molecule has 140 valence electrons. The third kappa shape index (κ3) is 3.33. The maximum absolute atomic E-state index is 12.9. The summed E-state index contributed by atoms with van der Waals surface area (Å²) in [4.78, 5) is 42.1. The van der Waals surface area contributed by atoms with Gasteiger partial charge >= 0.3 is 5.69 Å². The van der Waals surface area contributed by atoms with Crippen molar-refractivity contribution < 1.29 is 9.53 Å². The molecule has 1 N–H and O–H groups in total. The third-order valence-electron chi connectivity index (χ3n) is 4.29. The van der Waals surface area contributed by atoms with Gasteiger partial charge in [0.15, 0.2) is 5.65 Å². The average Bonchev–Trinajstić information content (AvgIpc) is 2.63. The second-order valence-corrected chi connectivity index (χ2v) is 6.32. The number of anilines is 1. The number of carbonyl (C=O) groups is 1. The van der Waals surface area contributed by atoms with E-state index in [1.165, 1.54) is 24.9 Å². The van der Waals surface area contributed by atoms with Crippen LogP contribution in [-0.4, -0.2) is 27.1 Å². The Morgan fingerprint density at radius 1 is 1.26 bits per heavy atom. The van der Waals surface area contributed by atoms with E-state index < -0.39 is 23.7 Å². The van der Waals surface area contributed by atoms with Crippen LogP contribution in [0.5, 0.6) is 5.75 Å². The van der Waals surface area contributed by atoms with Crippen molar-refractivity contribution >= 4 is 22.6 Å². The number of fused-ring (bicyclic) bond motifs is 1. The molecule has 0 aliphatic heterocycles. The van der Waals surface area contributed by atoms with E-state index in [0.717, 1.165) is 10.1 Å². The van der Waals surface area contributed by atoms with Crippen LogP contribution in [0.3, 0.4) is 0 Å². The van der Waals surface area contributed by atoms with Crippen molar-refractivity contribution in [1.29, 1.82) is 0 Å². The van der Waals surface area contributed by atoms with Gasteiger partial charge in [-0.25, -0.2) is 14.3 Å². The number of amides is 1. The van der Waals surface area contributed by atoms with E-state index in [9.17, 15) is 14.4 Å². The van der Waals surface area contributed by atoms with Gasteiger partial charge in [0.2, 0.25) is 5.91 Å². The van der Waals surface area contributed by atoms with Gasteiger partial charge in [-0.15, -0.1) is 0 Å². The number of pyridine rings is 1. The van der Waals surface area contributed by atoms with Gasteiger partial charge in [-0.2, -0.15) is 0 Å². The number of hydrogen-bond acceptors (Lipinski definition) is 5. The minimum absolute atomic E-state index is 0.169. The largest absolute Gasteiger partial charge is 0.495 e. The van der Waals surface area contributed by atoms with Crippen LogP contribution in [0.25, 0.3) is 11.0 Å². The highest BCUT2D eigenvalue weighted by molar-refractivity contribution is 5.91. The lowest BCUT2D eigenvalue weighted by Crippen LogP contribution is -2.42. The molecule has 0 aliphatic rings. The smallest absolute Gasteiger partial charge is 0.332 e. The van der Waals surface area contributed by atoms with Crippen LogP contribution in [0.2, 0.25) is 0 Å². The van der Waals surface area contributed by atoms with Crippen LogP contribution in [0, 0.1) is 13.8 Å². The molecular weight excluding hydrogens is 348 g/mol. The summed E-state index contributed by atoms with van der Waals surface area (Å²) in [6.45, 7) is 3.25. The van der Waals surface area contributed by atoms with E-state index in [4.69, 9.17) is 4.74 Å². The minimum atomic E-state index is -0.620. The summed E-state index contributed by atoms with van der Waals surface area (Å²) in [5.41, 5.74) is 1.23. The summed E-state index contributed by atoms with van der Waals surface area (Å²) in [5.74, 6) is -0.132. The lowest BCUT2D eigenvalue weighted by molar-refractivity contribution is -0.116. The fraction of sp³-hybridized carbons (Fsp3) is 0.263. The molecule has 0 fully saturated rings. The second-order valence-electron chi connectivity index (χ2n) is 6.32. The molecule has 0 saturated carbocycles. The summed E-state index contributed by atoms with van der Waals surface area (Å²) < 4.78 is 7.45. The maximum atomic E-state index is 12.9. The minimum Gasteiger partial charge on any atom is -0.495 e. The fourth-order valence-electron chi connectivity index (χ4n) is 2.99. The Morgan fingerprint density at radius 3 is 2.67 bits per heavy atom. The highest BCUT2D eigenvalue weighted by Gasteiger charge is 2.19. The molecule has 8 heteroatoms. The monoisotopic (exact) mass is 368 g/mol. The third-order valence-corrected chi connectivity index (χ3v) is 4.29. The molecule has 27 heavy (non-hydrogen) atoms. The molecule has 2 aromatic heterocycles. The summed E-state index contributed by atoms with van der Waals surface area (Å²) in [7, 11) is 2.95. The molecule has 0 radical (unpaired) electrons. The van der Waals surface area contributed by atoms with Gasteiger partial charge in [0.1, 0.15) is 17.7 Å². The zero-order valence-corrected chi connectivity index (χ0v) is 15.6. The molecule has 2 heterocycles. The van der Waals surface area contributed by atoms with E-state index in [1.54, 1.807) is 19.1 Å². The average molecular weight is 368 g/mol. The van der Waals surface area contributed by atoms with Crippen molar-refractivity contribution in [3.05, 3.63) is 62.4 Å². The fourth-order valence-corrected chi connectivity index (χ4v) is 2.99. The van der Waals surface area contributed by atoms with Gasteiger partial charge in [-0.1, -0.05) is 12.1 Å². The summed E-state index contributed by atoms with van der Waals surface area (Å²) in [6, 6.07) is 7.25. The lowest BCUT2D eigenvalue weighted by Gasteiger charge is -2.13. The van der Waals surface area contributed by atoms with E-state index in [-0.39, 0.29) is 11.0 Å². The molecule has 0 saturated heterocycles. The van der Waals surface area contributed by atoms with Crippen molar-refractivity contribution in [1.82, 2.24) is 14.1 Å². The lowest BCUT2D eigenvalue weighted by atomic mass is 10.2. The van der Waals surface area contributed by atoms with Gasteiger partial charge in [-0.3, -0.25) is 14.2 Å². The van der Waals surface area contributed by atoms with Crippen molar-refractivity contribution in [2.45, 2.75) is 20.4 Å². The topological polar surface area (TPSA) is 95.2 Å². The Kier molecular flexibility index (Phi) is 4.81. The number of nitrogens with one attached hydrogen (secondary N) is 1. The molecule has 1 aromatic carbocycles. The zero-order chi connectivity index (χ0) is 19.7. The van der Waals surface area contributed by atoms with Crippen molar-refractivity contribution in [2.75, 3.05) is 12.4 Å². The quantitative estimate of drug-likeness (QED) is 0.750. The second kappa shape index (κ2) is 7.06. The summed E-state index contributed by atoms with van der Waals surface area (Å²) in [5, 5.41) is 2.87. The summed E-state index contributed by atoms with van der Waals surface area (Å²) >= 11 is 0. The molecule has 0 aliphatic carbocycles. The molecule has 0 bridgehead atoms. The SMILES string of the molecule is COc1c(C)cnc2c1c(=O)n(CC(=O)Nc1cccc(C)c1)c(=O)n2C. The van der Waals surface area contributed by atoms with Gasteiger partial charge in [0.25, 0.3) is 5.56 Å². The van der Waals surface area contributed by atoms with Crippen LogP contribution in [0.1, 0.15) is 11.1 Å². The van der Waals surface area contributed by atoms with E-state index >= 15 is 0 Å². The first-order chi connectivity index (χ1) is 12.8. The Labute approximate surface area is 155 Å².